The summed E-state index contributed by atoms with van der Waals surface area (Å²) in [5.74, 6) is -2.80. The van der Waals surface area contributed by atoms with Crippen LogP contribution >= 0.6 is 0 Å². The molecule has 1 aromatic heterocycles. The maximum absolute atomic E-state index is 14.4. The van der Waals surface area contributed by atoms with Crippen molar-refractivity contribution in [1.29, 1.82) is 0 Å². The molecule has 1 saturated heterocycles. The average Bonchev–Trinajstić information content (AvgIpc) is 3.88. The summed E-state index contributed by atoms with van der Waals surface area (Å²) < 4.78 is 34.7. The number of hydrogen-bond acceptors (Lipinski definition) is 8. The molecule has 2 aliphatic carbocycles. The minimum Gasteiger partial charge on any atom is -0.444 e. The van der Waals surface area contributed by atoms with Gasteiger partial charge in [-0.25, -0.2) is 13.2 Å². The summed E-state index contributed by atoms with van der Waals surface area (Å²) in [4.78, 5) is 56.2. The van der Waals surface area contributed by atoms with Gasteiger partial charge in [0.2, 0.25) is 21.8 Å². The molecule has 49 heavy (non-hydrogen) atoms. The molecule has 0 spiro atoms. The number of hydrogen-bond donors (Lipinski definition) is 4. The van der Waals surface area contributed by atoms with Crippen molar-refractivity contribution in [3.8, 4) is 5.69 Å². The monoisotopic (exact) mass is 697 g/mol. The van der Waals surface area contributed by atoms with Crippen LogP contribution in [0.15, 0.2) is 61.4 Å². The fourth-order valence-electron chi connectivity index (χ4n) is 6.27. The van der Waals surface area contributed by atoms with Crippen LogP contribution in [0.3, 0.4) is 0 Å². The van der Waals surface area contributed by atoms with Gasteiger partial charge in [0.25, 0.3) is 5.91 Å². The van der Waals surface area contributed by atoms with Gasteiger partial charge in [-0.1, -0.05) is 39.0 Å². The maximum atomic E-state index is 14.4. The van der Waals surface area contributed by atoms with Crippen LogP contribution in [0, 0.1) is 11.3 Å². The second kappa shape index (κ2) is 12.6. The van der Waals surface area contributed by atoms with Crippen molar-refractivity contribution in [3.05, 3.63) is 67.0 Å². The number of aliphatic hydroxyl groups is 1. The molecule has 2 aromatic rings. The third kappa shape index (κ3) is 7.70. The number of sulfonamides is 1. The Kier molecular flexibility index (Phi) is 9.30. The summed E-state index contributed by atoms with van der Waals surface area (Å²) in [6, 6.07) is 8.39. The number of carbonyl (C=O) groups is 4. The lowest BCUT2D eigenvalue weighted by atomic mass is 9.85. The van der Waals surface area contributed by atoms with E-state index in [1.165, 1.54) is 11.0 Å². The lowest BCUT2D eigenvalue weighted by Gasteiger charge is -2.36. The SMILES string of the molecule is C=C[C@@H]1C[C@]1(NC(=O)[C@@H]1C[C@@](O)(c2ccc(-n3cccc3)cc2)CN1C(=O)[C@@H](NC(=O)OC(C)(C)C)C(C)(C)C)C(=O)NS(=O)(=O)C1CC1. The molecule has 4 amide bonds. The second-order valence-corrected chi connectivity index (χ2v) is 17.4. The lowest BCUT2D eigenvalue weighted by Crippen LogP contribution is -2.60. The highest BCUT2D eigenvalue weighted by molar-refractivity contribution is 7.91. The Morgan fingerprint density at radius 1 is 1.02 bits per heavy atom. The van der Waals surface area contributed by atoms with E-state index in [1.54, 1.807) is 53.7 Å². The molecule has 2 saturated carbocycles. The molecule has 266 valence electrons. The summed E-state index contributed by atoms with van der Waals surface area (Å²) in [6.45, 7) is 13.8. The van der Waals surface area contributed by atoms with Gasteiger partial charge in [-0.2, -0.15) is 0 Å². The van der Waals surface area contributed by atoms with Crippen molar-refractivity contribution in [2.24, 2.45) is 11.3 Å². The fourth-order valence-corrected chi connectivity index (χ4v) is 7.63. The standard InChI is InChI=1S/C35H47N5O8S/c1-8-22-19-35(22,30(43)38-49(46,47)25-15-16-25)37-28(41)26-20-34(45,23-11-13-24(14-12-23)39-17-9-10-18-39)21-40(26)29(42)27(32(2,3)4)36-31(44)48-33(5,6)7/h8-14,17-18,22,25-27,45H,1,15-16,19-21H2,2-7H3,(H,36,44)(H,37,41)(H,38,43)/t22-,26+,27-,34+,35-/m1/s1. The van der Waals surface area contributed by atoms with E-state index >= 15 is 0 Å². The van der Waals surface area contributed by atoms with Gasteiger partial charge in [-0.15, -0.1) is 6.58 Å². The number of β-amino-alcohol motifs (C(OH)–C–C–N with tert-alkyl or cyclic N) is 1. The van der Waals surface area contributed by atoms with Crippen LogP contribution in [0.1, 0.15) is 72.8 Å². The molecule has 1 aromatic carbocycles. The lowest BCUT2D eigenvalue weighted by molar-refractivity contribution is -0.143. The van der Waals surface area contributed by atoms with Gasteiger partial charge in [0.05, 0.1) is 11.8 Å². The van der Waals surface area contributed by atoms with Crippen LogP contribution in [0.2, 0.25) is 0 Å². The molecular weight excluding hydrogens is 650 g/mol. The van der Waals surface area contributed by atoms with Gasteiger partial charge in [0, 0.05) is 30.4 Å². The van der Waals surface area contributed by atoms with Crippen LogP contribution in [0.5, 0.6) is 0 Å². The van der Waals surface area contributed by atoms with Crippen LogP contribution in [0.25, 0.3) is 5.69 Å². The molecule has 14 heteroatoms. The predicted octanol–water partition coefficient (Wildman–Crippen LogP) is 2.87. The van der Waals surface area contributed by atoms with Gasteiger partial charge in [0.1, 0.15) is 28.8 Å². The van der Waals surface area contributed by atoms with Gasteiger partial charge in [0.15, 0.2) is 0 Å². The topological polar surface area (TPSA) is 176 Å². The third-order valence-electron chi connectivity index (χ3n) is 9.26. The fraction of sp³-hybridized carbons (Fsp3) is 0.543. The minimum atomic E-state index is -3.91. The zero-order valence-electron chi connectivity index (χ0n) is 28.9. The highest BCUT2D eigenvalue weighted by atomic mass is 32.2. The van der Waals surface area contributed by atoms with Crippen molar-refractivity contribution in [3.63, 3.8) is 0 Å². The summed E-state index contributed by atoms with van der Waals surface area (Å²) >= 11 is 0. The molecule has 13 nitrogen and oxygen atoms in total. The normalized spacial score (nSPS) is 26.0. The Labute approximate surface area is 287 Å². The predicted molar refractivity (Wildman–Crippen MR) is 182 cm³/mol. The number of likely N-dealkylation sites (tertiary alicyclic amines) is 1. The van der Waals surface area contributed by atoms with Crippen molar-refractivity contribution in [1.82, 2.24) is 24.8 Å². The molecule has 1 aliphatic heterocycles. The zero-order chi connectivity index (χ0) is 36.2. The molecule has 0 unspecified atom stereocenters. The van der Waals surface area contributed by atoms with E-state index in [1.807, 2.05) is 41.2 Å². The first-order valence-corrected chi connectivity index (χ1v) is 18.0. The average molecular weight is 698 g/mol. The van der Waals surface area contributed by atoms with Gasteiger partial charge < -0.3 is 29.9 Å². The number of nitrogens with zero attached hydrogens (tertiary/aromatic N) is 2. The quantitative estimate of drug-likeness (QED) is 0.274. The van der Waals surface area contributed by atoms with Gasteiger partial charge in [-0.3, -0.25) is 19.1 Å². The first kappa shape index (κ1) is 36.1. The highest BCUT2D eigenvalue weighted by Crippen LogP contribution is 2.46. The van der Waals surface area contributed by atoms with E-state index in [9.17, 15) is 32.7 Å². The Bertz CT molecular complexity index is 1720. The zero-order valence-corrected chi connectivity index (χ0v) is 29.7. The molecule has 0 radical (unpaired) electrons. The molecule has 2 heterocycles. The largest absolute Gasteiger partial charge is 0.444 e. The number of aromatic nitrogens is 1. The maximum Gasteiger partial charge on any atom is 0.408 e. The van der Waals surface area contributed by atoms with Crippen LogP contribution in [-0.2, 0) is 34.7 Å². The van der Waals surface area contributed by atoms with Crippen molar-refractivity contribution < 1.29 is 37.4 Å². The van der Waals surface area contributed by atoms with E-state index in [0.29, 0.717) is 18.4 Å². The number of ether oxygens (including phenoxy) is 1. The van der Waals surface area contributed by atoms with Crippen LogP contribution < -0.4 is 15.4 Å². The molecule has 0 bridgehead atoms. The van der Waals surface area contributed by atoms with Crippen molar-refractivity contribution >= 4 is 33.8 Å². The highest BCUT2D eigenvalue weighted by Gasteiger charge is 2.62. The molecule has 4 N–H and O–H groups in total. The first-order valence-electron chi connectivity index (χ1n) is 16.5. The van der Waals surface area contributed by atoms with Gasteiger partial charge in [-0.05, 0) is 75.3 Å². The van der Waals surface area contributed by atoms with E-state index < -0.39 is 79.2 Å². The smallest absolute Gasteiger partial charge is 0.408 e. The van der Waals surface area contributed by atoms with E-state index in [-0.39, 0.29) is 19.4 Å². The molecule has 3 aliphatic rings. The van der Waals surface area contributed by atoms with Crippen LogP contribution in [-0.4, -0.2) is 81.8 Å². The number of carbonyl (C=O) groups excluding carboxylic acids is 4. The van der Waals surface area contributed by atoms with Crippen LogP contribution in [0.4, 0.5) is 4.79 Å². The molecular formula is C35H47N5O8S. The molecule has 5 rings (SSSR count). The summed E-state index contributed by atoms with van der Waals surface area (Å²) in [7, 11) is -3.91. The van der Waals surface area contributed by atoms with Crippen molar-refractivity contribution in [2.45, 2.75) is 101 Å². The van der Waals surface area contributed by atoms with Crippen molar-refractivity contribution in [2.75, 3.05) is 6.54 Å². The molecule has 3 fully saturated rings. The number of rotatable bonds is 10. The number of nitrogens with one attached hydrogen (secondary N) is 3. The van der Waals surface area contributed by atoms with E-state index in [4.69, 9.17) is 4.74 Å². The number of benzene rings is 1. The first-order chi connectivity index (χ1) is 22.7. The van der Waals surface area contributed by atoms with E-state index in [0.717, 1.165) is 5.69 Å². The minimum absolute atomic E-state index is 0.116. The molecule has 5 atom stereocenters. The van der Waals surface area contributed by atoms with Gasteiger partial charge >= 0.3 is 6.09 Å². The Morgan fingerprint density at radius 2 is 1.63 bits per heavy atom. The summed E-state index contributed by atoms with van der Waals surface area (Å²) in [5.41, 5.74) is -3.67. The number of alkyl carbamates (subject to hydrolysis) is 1. The summed E-state index contributed by atoms with van der Waals surface area (Å²) in [6.07, 6.45) is 5.19. The Balaban J connectivity index is 1.46. The Morgan fingerprint density at radius 3 is 2.14 bits per heavy atom. The third-order valence-corrected chi connectivity index (χ3v) is 11.1. The number of amides is 4. The second-order valence-electron chi connectivity index (χ2n) is 15.5. The Hall–Kier alpha value is -4.17. The van der Waals surface area contributed by atoms with E-state index in [2.05, 4.69) is 21.9 Å². The summed E-state index contributed by atoms with van der Waals surface area (Å²) in [5, 5.41) is 16.9.